The highest BCUT2D eigenvalue weighted by Crippen LogP contribution is 2.34. The molecule has 0 bridgehead atoms. The fraction of sp³-hybridized carbons (Fsp3) is 0.500. The molecule has 1 N–H and O–H groups in total. The molecule has 2 rings (SSSR count). The largest absolute Gasteiger partial charge is 0.479 e. The lowest BCUT2D eigenvalue weighted by Gasteiger charge is -2.32. The highest BCUT2D eigenvalue weighted by molar-refractivity contribution is 6.43. The van der Waals surface area contributed by atoms with Crippen molar-refractivity contribution in [2.75, 3.05) is 0 Å². The van der Waals surface area contributed by atoms with Crippen LogP contribution < -0.4 is 10.1 Å². The Balaban J connectivity index is 2.05. The molecule has 1 atom stereocenters. The molecule has 1 fully saturated rings. The second kappa shape index (κ2) is 7.61. The monoisotopic (exact) mass is 374 g/mol. The van der Waals surface area contributed by atoms with Crippen LogP contribution in [0.15, 0.2) is 12.1 Å². The maximum atomic E-state index is 12.4. The average Bonchev–Trinajstić information content (AvgIpc) is 2.53. The van der Waals surface area contributed by atoms with E-state index in [0.717, 1.165) is 19.3 Å². The normalized spacial score (nSPS) is 17.9. The van der Waals surface area contributed by atoms with Crippen molar-refractivity contribution in [3.63, 3.8) is 0 Å². The van der Waals surface area contributed by atoms with Gasteiger partial charge in [-0.05, 0) is 25.8 Å². The third kappa shape index (κ3) is 4.44. The van der Waals surface area contributed by atoms with Gasteiger partial charge in [0.15, 0.2) is 6.10 Å². The van der Waals surface area contributed by atoms with E-state index in [4.69, 9.17) is 39.5 Å². The van der Waals surface area contributed by atoms with Crippen LogP contribution in [0.25, 0.3) is 0 Å². The quantitative estimate of drug-likeness (QED) is 0.772. The van der Waals surface area contributed by atoms with Crippen molar-refractivity contribution in [3.8, 4) is 11.8 Å². The van der Waals surface area contributed by atoms with Crippen molar-refractivity contribution < 1.29 is 9.53 Å². The van der Waals surface area contributed by atoms with Crippen LogP contribution in [0.1, 0.15) is 39.0 Å². The Labute approximate surface area is 150 Å². The molecule has 0 spiro atoms. The number of nitriles is 1. The van der Waals surface area contributed by atoms with E-state index >= 15 is 0 Å². The molecule has 0 unspecified atom stereocenters. The number of benzene rings is 1. The van der Waals surface area contributed by atoms with E-state index in [9.17, 15) is 10.1 Å². The summed E-state index contributed by atoms with van der Waals surface area (Å²) in [7, 11) is 0. The third-order valence-corrected chi connectivity index (χ3v) is 4.95. The van der Waals surface area contributed by atoms with E-state index in [0.29, 0.717) is 22.9 Å². The van der Waals surface area contributed by atoms with Gasteiger partial charge in [0.25, 0.3) is 5.91 Å². The maximum Gasteiger partial charge on any atom is 0.262 e. The second-order valence-corrected chi connectivity index (χ2v) is 6.92. The fourth-order valence-corrected chi connectivity index (χ4v) is 3.18. The summed E-state index contributed by atoms with van der Waals surface area (Å²) < 4.78 is 5.58. The van der Waals surface area contributed by atoms with E-state index in [-0.39, 0.29) is 16.7 Å². The van der Waals surface area contributed by atoms with E-state index in [1.807, 2.05) is 0 Å². The minimum atomic E-state index is -0.808. The summed E-state index contributed by atoms with van der Waals surface area (Å²) >= 11 is 17.8. The van der Waals surface area contributed by atoms with Crippen LogP contribution >= 0.6 is 34.8 Å². The summed E-state index contributed by atoms with van der Waals surface area (Å²) in [5, 5.41) is 13.1. The Bertz CT molecular complexity index is 637. The first kappa shape index (κ1) is 18.2. The molecule has 7 heteroatoms. The molecule has 1 saturated carbocycles. The number of hydrogen-bond acceptors (Lipinski definition) is 3. The van der Waals surface area contributed by atoms with Crippen LogP contribution in [0.2, 0.25) is 15.1 Å². The number of halogens is 3. The molecule has 1 aliphatic carbocycles. The summed E-state index contributed by atoms with van der Waals surface area (Å²) in [6.45, 7) is 1.60. The molecule has 0 aliphatic heterocycles. The van der Waals surface area contributed by atoms with Crippen molar-refractivity contribution in [1.29, 1.82) is 5.26 Å². The van der Waals surface area contributed by atoms with E-state index in [2.05, 4.69) is 11.4 Å². The maximum absolute atomic E-state index is 12.4. The molecular formula is C16H17Cl3N2O2. The average molecular weight is 376 g/mol. The smallest absolute Gasteiger partial charge is 0.262 e. The fourth-order valence-electron chi connectivity index (χ4n) is 2.60. The zero-order chi connectivity index (χ0) is 17.0. The molecule has 0 aromatic heterocycles. The number of nitrogens with one attached hydrogen (secondary N) is 1. The molecule has 0 radical (unpaired) electrons. The number of carbonyl (C=O) groups excluding carboxylic acids is 1. The van der Waals surface area contributed by atoms with Crippen molar-refractivity contribution in [1.82, 2.24) is 5.32 Å². The minimum absolute atomic E-state index is 0.270. The minimum Gasteiger partial charge on any atom is -0.479 e. The van der Waals surface area contributed by atoms with Gasteiger partial charge in [-0.2, -0.15) is 5.26 Å². The SMILES string of the molecule is C[C@@H](Oc1cc(Cl)c(Cl)cc1Cl)C(=O)NC1(C#N)CCCCC1. The Morgan fingerprint density at radius 2 is 1.83 bits per heavy atom. The molecule has 1 aromatic carbocycles. The predicted octanol–water partition coefficient (Wildman–Crippen LogP) is 4.76. The van der Waals surface area contributed by atoms with Gasteiger partial charge in [-0.1, -0.05) is 54.1 Å². The number of nitrogens with zero attached hydrogens (tertiary/aromatic N) is 1. The number of carbonyl (C=O) groups is 1. The van der Waals surface area contributed by atoms with Crippen molar-refractivity contribution in [2.24, 2.45) is 0 Å². The summed E-state index contributed by atoms with van der Waals surface area (Å²) in [6.07, 6.45) is 3.47. The second-order valence-electron chi connectivity index (χ2n) is 5.70. The molecule has 0 saturated heterocycles. The summed E-state index contributed by atoms with van der Waals surface area (Å²) in [4.78, 5) is 12.4. The Morgan fingerprint density at radius 3 is 2.43 bits per heavy atom. The Kier molecular flexibility index (Phi) is 6.02. The molecule has 1 amide bonds. The Morgan fingerprint density at radius 1 is 1.22 bits per heavy atom. The van der Waals surface area contributed by atoms with Crippen molar-refractivity contribution >= 4 is 40.7 Å². The number of ether oxygens (including phenoxy) is 1. The molecule has 4 nitrogen and oxygen atoms in total. The van der Waals surface area contributed by atoms with Crippen LogP contribution in [0.3, 0.4) is 0 Å². The Hall–Kier alpha value is -1.15. The van der Waals surface area contributed by atoms with Gasteiger partial charge in [0, 0.05) is 6.07 Å². The van der Waals surface area contributed by atoms with E-state index in [1.165, 1.54) is 12.1 Å². The molecule has 1 aliphatic rings. The highest BCUT2D eigenvalue weighted by Gasteiger charge is 2.35. The van der Waals surface area contributed by atoms with Gasteiger partial charge in [0.1, 0.15) is 11.3 Å². The highest BCUT2D eigenvalue weighted by atomic mass is 35.5. The van der Waals surface area contributed by atoms with Gasteiger partial charge >= 0.3 is 0 Å². The lowest BCUT2D eigenvalue weighted by Crippen LogP contribution is -2.52. The van der Waals surface area contributed by atoms with Gasteiger partial charge in [-0.3, -0.25) is 4.79 Å². The molecular weight excluding hydrogens is 359 g/mol. The van der Waals surface area contributed by atoms with Crippen LogP contribution in [-0.4, -0.2) is 17.6 Å². The first-order valence-corrected chi connectivity index (χ1v) is 8.55. The molecule has 0 heterocycles. The van der Waals surface area contributed by atoms with Gasteiger partial charge in [0.05, 0.1) is 21.1 Å². The van der Waals surface area contributed by atoms with Crippen LogP contribution in [0.4, 0.5) is 0 Å². The first-order chi connectivity index (χ1) is 10.9. The summed E-state index contributed by atoms with van der Waals surface area (Å²) in [5.74, 6) is -0.0750. The van der Waals surface area contributed by atoms with Gasteiger partial charge < -0.3 is 10.1 Å². The van der Waals surface area contributed by atoms with E-state index in [1.54, 1.807) is 6.92 Å². The van der Waals surface area contributed by atoms with Gasteiger partial charge in [-0.25, -0.2) is 0 Å². The molecule has 23 heavy (non-hydrogen) atoms. The number of hydrogen-bond donors (Lipinski definition) is 1. The van der Waals surface area contributed by atoms with Crippen molar-refractivity contribution in [3.05, 3.63) is 27.2 Å². The summed E-state index contributed by atoms with van der Waals surface area (Å²) in [6, 6.07) is 5.17. The first-order valence-electron chi connectivity index (χ1n) is 7.41. The molecule has 1 aromatic rings. The lowest BCUT2D eigenvalue weighted by molar-refractivity contribution is -0.129. The summed E-state index contributed by atoms with van der Waals surface area (Å²) in [5.41, 5.74) is -0.797. The standard InChI is InChI=1S/C16H17Cl3N2O2/c1-10(23-14-8-12(18)11(17)7-13(14)19)15(22)21-16(9-20)5-3-2-4-6-16/h7-8,10H,2-6H2,1H3,(H,21,22)/t10-/m1/s1. The van der Waals surface area contributed by atoms with Gasteiger partial charge in [0.2, 0.25) is 0 Å². The van der Waals surface area contributed by atoms with Gasteiger partial charge in [-0.15, -0.1) is 0 Å². The zero-order valence-corrected chi connectivity index (χ0v) is 14.9. The predicted molar refractivity (Wildman–Crippen MR) is 91.1 cm³/mol. The topological polar surface area (TPSA) is 62.1 Å². The zero-order valence-electron chi connectivity index (χ0n) is 12.7. The number of rotatable bonds is 4. The number of amides is 1. The third-order valence-electron chi connectivity index (χ3n) is 3.93. The van der Waals surface area contributed by atoms with Crippen LogP contribution in [-0.2, 0) is 4.79 Å². The van der Waals surface area contributed by atoms with E-state index < -0.39 is 11.6 Å². The van der Waals surface area contributed by atoms with Crippen LogP contribution in [0, 0.1) is 11.3 Å². The van der Waals surface area contributed by atoms with Crippen LogP contribution in [0.5, 0.6) is 5.75 Å². The van der Waals surface area contributed by atoms with Crippen molar-refractivity contribution in [2.45, 2.75) is 50.7 Å². The molecule has 124 valence electrons. The lowest BCUT2D eigenvalue weighted by atomic mass is 9.83.